The molecule has 1 N–H and O–H groups in total. The van der Waals surface area contributed by atoms with E-state index in [4.69, 9.17) is 27.6 Å². The van der Waals surface area contributed by atoms with Crippen LogP contribution >= 0.6 is 23.2 Å². The van der Waals surface area contributed by atoms with Crippen molar-refractivity contribution in [2.45, 2.75) is 6.42 Å². The summed E-state index contributed by atoms with van der Waals surface area (Å²) in [5.74, 6) is -0.254. The predicted octanol–water partition coefficient (Wildman–Crippen LogP) is 5.04. The number of halogens is 2. The first-order chi connectivity index (χ1) is 13.0. The Hall–Kier alpha value is -2.76. The van der Waals surface area contributed by atoms with E-state index in [0.29, 0.717) is 27.8 Å². The predicted molar refractivity (Wildman–Crippen MR) is 105 cm³/mol. The first kappa shape index (κ1) is 17.6. The van der Waals surface area contributed by atoms with Crippen molar-refractivity contribution in [3.63, 3.8) is 0 Å². The molecule has 1 aromatic heterocycles. The molecule has 0 atom stereocenters. The summed E-state index contributed by atoms with van der Waals surface area (Å²) in [7, 11) is 0. The number of amides is 2. The van der Waals surface area contributed by atoms with Crippen LogP contribution in [0.3, 0.4) is 0 Å². The molecule has 7 heteroatoms. The Morgan fingerprint density at radius 3 is 2.52 bits per heavy atom. The zero-order chi connectivity index (χ0) is 19.0. The van der Waals surface area contributed by atoms with Crippen LogP contribution in [0, 0.1) is 0 Å². The van der Waals surface area contributed by atoms with Crippen LogP contribution in [0.5, 0.6) is 0 Å². The molecule has 0 saturated heterocycles. The van der Waals surface area contributed by atoms with Gasteiger partial charge in [-0.3, -0.25) is 9.59 Å². The number of hydrogen-bond donors (Lipinski definition) is 1. The second-order valence-electron chi connectivity index (χ2n) is 6.14. The second kappa shape index (κ2) is 7.10. The van der Waals surface area contributed by atoms with Crippen molar-refractivity contribution < 1.29 is 14.0 Å². The molecule has 0 fully saturated rings. The van der Waals surface area contributed by atoms with E-state index in [0.717, 1.165) is 17.7 Å². The van der Waals surface area contributed by atoms with E-state index in [1.54, 1.807) is 41.3 Å². The van der Waals surface area contributed by atoms with Crippen molar-refractivity contribution in [3.8, 4) is 0 Å². The number of carbonyl (C=O) groups is 2. The van der Waals surface area contributed by atoms with Crippen LogP contribution in [0.15, 0.2) is 59.2 Å². The molecule has 3 aromatic rings. The van der Waals surface area contributed by atoms with Crippen molar-refractivity contribution in [1.29, 1.82) is 0 Å². The van der Waals surface area contributed by atoms with E-state index in [1.165, 1.54) is 6.26 Å². The molecule has 2 amide bonds. The van der Waals surface area contributed by atoms with Gasteiger partial charge in [0.1, 0.15) is 0 Å². The number of furan rings is 1. The zero-order valence-corrected chi connectivity index (χ0v) is 15.6. The van der Waals surface area contributed by atoms with Gasteiger partial charge >= 0.3 is 0 Å². The van der Waals surface area contributed by atoms with E-state index in [2.05, 4.69) is 5.32 Å². The molecule has 2 heterocycles. The van der Waals surface area contributed by atoms with Crippen LogP contribution in [0.2, 0.25) is 10.0 Å². The lowest BCUT2D eigenvalue weighted by atomic mass is 10.1. The molecule has 0 unspecified atom stereocenters. The maximum atomic E-state index is 12.6. The first-order valence-corrected chi connectivity index (χ1v) is 9.02. The monoisotopic (exact) mass is 400 g/mol. The number of nitrogens with zero attached hydrogens (tertiary/aromatic N) is 1. The number of fused-ring (bicyclic) bond motifs is 1. The van der Waals surface area contributed by atoms with Gasteiger partial charge in [-0.15, -0.1) is 0 Å². The van der Waals surface area contributed by atoms with Crippen molar-refractivity contribution >= 4 is 46.4 Å². The number of nitrogens with one attached hydrogen (secondary N) is 1. The molecular weight excluding hydrogens is 387 g/mol. The van der Waals surface area contributed by atoms with Crippen molar-refractivity contribution in [3.05, 3.63) is 81.7 Å². The lowest BCUT2D eigenvalue weighted by molar-refractivity contribution is 0.0962. The minimum atomic E-state index is -0.332. The van der Waals surface area contributed by atoms with Gasteiger partial charge in [-0.2, -0.15) is 0 Å². The Morgan fingerprint density at radius 1 is 1.04 bits per heavy atom. The fourth-order valence-corrected chi connectivity index (χ4v) is 3.62. The van der Waals surface area contributed by atoms with Crippen molar-refractivity contribution in [2.75, 3.05) is 16.8 Å². The summed E-state index contributed by atoms with van der Waals surface area (Å²) in [4.78, 5) is 26.8. The Kier molecular flexibility index (Phi) is 4.64. The fourth-order valence-electron chi connectivity index (χ4n) is 3.09. The first-order valence-electron chi connectivity index (χ1n) is 8.27. The van der Waals surface area contributed by atoms with Crippen molar-refractivity contribution in [2.24, 2.45) is 0 Å². The Bertz CT molecular complexity index is 1010. The standard InChI is InChI=1S/C20H14Cl2N2O3/c21-14-8-13(9-15(22)10-14)19(25)23-16-4-3-12-5-6-24(17(12)11-16)20(26)18-2-1-7-27-18/h1-4,7-11H,5-6H2,(H,23,25). The minimum absolute atomic E-state index is 0.205. The molecule has 2 aromatic carbocycles. The molecule has 0 bridgehead atoms. The van der Waals surface area contributed by atoms with Crippen LogP contribution in [0.25, 0.3) is 0 Å². The van der Waals surface area contributed by atoms with Crippen LogP contribution in [-0.2, 0) is 6.42 Å². The van der Waals surface area contributed by atoms with Crippen LogP contribution < -0.4 is 10.2 Å². The third kappa shape index (κ3) is 3.56. The Balaban J connectivity index is 1.58. The number of anilines is 2. The van der Waals surface area contributed by atoms with E-state index < -0.39 is 0 Å². The van der Waals surface area contributed by atoms with Gasteiger partial charge in [0.25, 0.3) is 11.8 Å². The van der Waals surface area contributed by atoms with Gasteiger partial charge in [0.05, 0.1) is 6.26 Å². The van der Waals surface area contributed by atoms with Crippen LogP contribution in [-0.4, -0.2) is 18.4 Å². The van der Waals surface area contributed by atoms with E-state index in [1.807, 2.05) is 12.1 Å². The lowest BCUT2D eigenvalue weighted by Crippen LogP contribution is -2.28. The van der Waals surface area contributed by atoms with Crippen LogP contribution in [0.1, 0.15) is 26.5 Å². The summed E-state index contributed by atoms with van der Waals surface area (Å²) in [6, 6.07) is 13.5. The molecule has 0 spiro atoms. The normalized spacial score (nSPS) is 12.7. The smallest absolute Gasteiger partial charge is 0.293 e. The largest absolute Gasteiger partial charge is 0.459 e. The molecule has 0 saturated carbocycles. The minimum Gasteiger partial charge on any atom is -0.459 e. The summed E-state index contributed by atoms with van der Waals surface area (Å²) >= 11 is 11.9. The Morgan fingerprint density at radius 2 is 1.81 bits per heavy atom. The van der Waals surface area contributed by atoms with Crippen LogP contribution in [0.4, 0.5) is 11.4 Å². The molecule has 27 heavy (non-hydrogen) atoms. The highest BCUT2D eigenvalue weighted by Gasteiger charge is 2.27. The maximum absolute atomic E-state index is 12.6. The highest BCUT2D eigenvalue weighted by molar-refractivity contribution is 6.35. The molecule has 0 aliphatic carbocycles. The quantitative estimate of drug-likeness (QED) is 0.669. The molecule has 0 radical (unpaired) electrons. The van der Waals surface area contributed by atoms with Gasteiger partial charge in [0, 0.05) is 33.5 Å². The summed E-state index contributed by atoms with van der Waals surface area (Å²) in [5.41, 5.74) is 2.74. The van der Waals surface area contributed by atoms with Gasteiger partial charge in [-0.25, -0.2) is 0 Å². The average molecular weight is 401 g/mol. The van der Waals surface area contributed by atoms with E-state index >= 15 is 0 Å². The summed E-state index contributed by atoms with van der Waals surface area (Å²) in [6.45, 7) is 0.566. The molecule has 5 nitrogen and oxygen atoms in total. The zero-order valence-electron chi connectivity index (χ0n) is 14.0. The van der Waals surface area contributed by atoms with Gasteiger partial charge in [0.15, 0.2) is 5.76 Å². The summed E-state index contributed by atoms with van der Waals surface area (Å²) in [6.07, 6.45) is 2.22. The topological polar surface area (TPSA) is 62.6 Å². The summed E-state index contributed by atoms with van der Waals surface area (Å²) in [5, 5.41) is 3.59. The average Bonchev–Trinajstić information content (AvgIpc) is 3.30. The molecule has 1 aliphatic rings. The molecule has 136 valence electrons. The third-order valence-corrected chi connectivity index (χ3v) is 4.78. The maximum Gasteiger partial charge on any atom is 0.293 e. The SMILES string of the molecule is O=C(Nc1ccc2c(c1)N(C(=O)c1ccco1)CC2)c1cc(Cl)cc(Cl)c1. The van der Waals surface area contributed by atoms with Gasteiger partial charge in [-0.05, 0) is 54.4 Å². The summed E-state index contributed by atoms with van der Waals surface area (Å²) < 4.78 is 5.21. The van der Waals surface area contributed by atoms with Crippen molar-refractivity contribution in [1.82, 2.24) is 0 Å². The number of benzene rings is 2. The lowest BCUT2D eigenvalue weighted by Gasteiger charge is -2.17. The molecule has 1 aliphatic heterocycles. The third-order valence-electron chi connectivity index (χ3n) is 4.34. The highest BCUT2D eigenvalue weighted by Crippen LogP contribution is 2.32. The fraction of sp³-hybridized carbons (Fsp3) is 0.100. The number of rotatable bonds is 3. The van der Waals surface area contributed by atoms with E-state index in [9.17, 15) is 9.59 Å². The molecular formula is C20H14Cl2N2O3. The van der Waals surface area contributed by atoms with Gasteiger partial charge in [0.2, 0.25) is 0 Å². The number of carbonyl (C=O) groups excluding carboxylic acids is 2. The second-order valence-corrected chi connectivity index (χ2v) is 7.01. The van der Waals surface area contributed by atoms with Gasteiger partial charge in [-0.1, -0.05) is 29.3 Å². The highest BCUT2D eigenvalue weighted by atomic mass is 35.5. The number of hydrogen-bond acceptors (Lipinski definition) is 3. The van der Waals surface area contributed by atoms with E-state index in [-0.39, 0.29) is 17.6 Å². The Labute approximate surface area is 165 Å². The molecule has 4 rings (SSSR count). The van der Waals surface area contributed by atoms with Gasteiger partial charge < -0.3 is 14.6 Å².